The quantitative estimate of drug-likeness (QED) is 0.909. The molecule has 3 nitrogen and oxygen atoms in total. The van der Waals surface area contributed by atoms with Gasteiger partial charge in [0.1, 0.15) is 0 Å². The molecule has 0 radical (unpaired) electrons. The number of anilines is 1. The minimum absolute atomic E-state index is 0.00708. The van der Waals surface area contributed by atoms with E-state index in [1.807, 2.05) is 11.8 Å². The molecule has 2 rings (SSSR count). The fourth-order valence-electron chi connectivity index (χ4n) is 2.35. The first kappa shape index (κ1) is 15.1. The topological polar surface area (TPSA) is 36.4 Å². The first-order chi connectivity index (χ1) is 8.73. The molecule has 1 aromatic rings. The van der Waals surface area contributed by atoms with Crippen molar-refractivity contribution in [2.24, 2.45) is 0 Å². The van der Waals surface area contributed by atoms with Crippen LogP contribution in [0, 0.1) is 0 Å². The third-order valence-electron chi connectivity index (χ3n) is 3.24. The Balaban J connectivity index is 2.28. The molecule has 0 atom stereocenters. The number of thioether (sulfide) groups is 1. The van der Waals surface area contributed by atoms with Crippen LogP contribution >= 0.6 is 23.1 Å². The lowest BCUT2D eigenvalue weighted by molar-refractivity contribution is 0.282. The van der Waals surface area contributed by atoms with Crippen LogP contribution in [0.25, 0.3) is 0 Å². The normalized spacial score (nSPS) is 19.8. The van der Waals surface area contributed by atoms with E-state index in [0.717, 1.165) is 34.5 Å². The van der Waals surface area contributed by atoms with Crippen LogP contribution in [-0.2, 0) is 12.0 Å². The zero-order valence-corrected chi connectivity index (χ0v) is 14.1. The summed E-state index contributed by atoms with van der Waals surface area (Å²) in [5.74, 6) is 1.14. The standard InChI is InChI=1S/C14H24N2OS2/c1-13(2,3)11-10(8-17)19-12(15-11)16-6-7-18-14(4,5)9-16/h17H,6-9H2,1-5H3. The highest BCUT2D eigenvalue weighted by molar-refractivity contribution is 8.00. The molecule has 1 fully saturated rings. The largest absolute Gasteiger partial charge is 0.391 e. The first-order valence-corrected chi connectivity index (χ1v) is 8.53. The van der Waals surface area contributed by atoms with Crippen LogP contribution < -0.4 is 4.90 Å². The van der Waals surface area contributed by atoms with Gasteiger partial charge in [-0.2, -0.15) is 11.8 Å². The Morgan fingerprint density at radius 1 is 1.37 bits per heavy atom. The zero-order valence-electron chi connectivity index (χ0n) is 12.5. The Hall–Kier alpha value is -0.260. The van der Waals surface area contributed by atoms with E-state index in [-0.39, 0.29) is 16.8 Å². The lowest BCUT2D eigenvalue weighted by atomic mass is 9.91. The third-order valence-corrected chi connectivity index (χ3v) is 5.63. The molecule has 2 heterocycles. The van der Waals surface area contributed by atoms with Gasteiger partial charge in [0.05, 0.1) is 17.2 Å². The second kappa shape index (κ2) is 5.26. The van der Waals surface area contributed by atoms with Crippen LogP contribution in [0.1, 0.15) is 45.2 Å². The van der Waals surface area contributed by atoms with Gasteiger partial charge in [-0.05, 0) is 13.8 Å². The highest BCUT2D eigenvalue weighted by atomic mass is 32.2. The molecule has 1 N–H and O–H groups in total. The molecule has 0 amide bonds. The van der Waals surface area contributed by atoms with E-state index < -0.39 is 0 Å². The molecular weight excluding hydrogens is 276 g/mol. The molecule has 1 aromatic heterocycles. The number of aliphatic hydroxyl groups excluding tert-OH is 1. The predicted molar refractivity (Wildman–Crippen MR) is 85.5 cm³/mol. The maximum absolute atomic E-state index is 9.54. The smallest absolute Gasteiger partial charge is 0.185 e. The lowest BCUT2D eigenvalue weighted by Gasteiger charge is -2.37. The summed E-state index contributed by atoms with van der Waals surface area (Å²) in [7, 11) is 0. The average molecular weight is 300 g/mol. The summed E-state index contributed by atoms with van der Waals surface area (Å²) in [5.41, 5.74) is 1.04. The van der Waals surface area contributed by atoms with Gasteiger partial charge in [-0.25, -0.2) is 4.98 Å². The minimum atomic E-state index is -0.00708. The molecule has 0 spiro atoms. The van der Waals surface area contributed by atoms with Crippen molar-refractivity contribution in [3.63, 3.8) is 0 Å². The van der Waals surface area contributed by atoms with Gasteiger partial charge in [0.15, 0.2) is 5.13 Å². The highest BCUT2D eigenvalue weighted by Crippen LogP contribution is 2.37. The predicted octanol–water partition coefficient (Wildman–Crippen LogP) is 3.26. The van der Waals surface area contributed by atoms with Gasteiger partial charge in [-0.1, -0.05) is 32.1 Å². The molecule has 0 aromatic carbocycles. The van der Waals surface area contributed by atoms with Crippen LogP contribution in [0.4, 0.5) is 5.13 Å². The molecule has 1 aliphatic heterocycles. The summed E-state index contributed by atoms with van der Waals surface area (Å²) in [4.78, 5) is 8.20. The summed E-state index contributed by atoms with van der Waals surface area (Å²) in [6.07, 6.45) is 0. The van der Waals surface area contributed by atoms with E-state index in [9.17, 15) is 5.11 Å². The Morgan fingerprint density at radius 2 is 2.05 bits per heavy atom. The maximum atomic E-state index is 9.54. The number of hydrogen-bond donors (Lipinski definition) is 1. The van der Waals surface area contributed by atoms with E-state index in [2.05, 4.69) is 39.5 Å². The van der Waals surface area contributed by atoms with E-state index in [1.54, 1.807) is 11.3 Å². The first-order valence-electron chi connectivity index (χ1n) is 6.73. The summed E-state index contributed by atoms with van der Waals surface area (Å²) >= 11 is 3.68. The number of rotatable bonds is 2. The van der Waals surface area contributed by atoms with Crippen molar-refractivity contribution < 1.29 is 5.11 Å². The monoisotopic (exact) mass is 300 g/mol. The second-order valence-electron chi connectivity index (χ2n) is 6.71. The number of aliphatic hydroxyl groups is 1. The summed E-state index contributed by atoms with van der Waals surface area (Å²) in [6, 6.07) is 0. The van der Waals surface area contributed by atoms with Crippen molar-refractivity contribution in [3.8, 4) is 0 Å². The highest BCUT2D eigenvalue weighted by Gasteiger charge is 2.30. The Bertz CT molecular complexity index is 449. The molecule has 1 aliphatic rings. The molecule has 0 saturated carbocycles. The maximum Gasteiger partial charge on any atom is 0.185 e. The fraction of sp³-hybridized carbons (Fsp3) is 0.786. The van der Waals surface area contributed by atoms with Crippen molar-refractivity contribution in [2.45, 2.75) is 51.4 Å². The number of nitrogens with zero attached hydrogens (tertiary/aromatic N) is 2. The van der Waals surface area contributed by atoms with E-state index >= 15 is 0 Å². The number of aromatic nitrogens is 1. The summed E-state index contributed by atoms with van der Waals surface area (Å²) < 4.78 is 0.283. The minimum Gasteiger partial charge on any atom is -0.391 e. The third kappa shape index (κ3) is 3.44. The summed E-state index contributed by atoms with van der Waals surface area (Å²) in [6.45, 7) is 13.2. The Kier molecular flexibility index (Phi) is 4.19. The molecule has 0 aliphatic carbocycles. The average Bonchev–Trinajstić information content (AvgIpc) is 2.71. The van der Waals surface area contributed by atoms with Crippen LogP contribution in [0.2, 0.25) is 0 Å². The van der Waals surface area contributed by atoms with Crippen molar-refractivity contribution in [1.29, 1.82) is 0 Å². The molecule has 1 saturated heterocycles. The van der Waals surface area contributed by atoms with Crippen molar-refractivity contribution in [3.05, 3.63) is 10.6 Å². The molecule has 0 bridgehead atoms. The second-order valence-corrected chi connectivity index (χ2v) is 9.57. The van der Waals surface area contributed by atoms with Crippen molar-refractivity contribution >= 4 is 28.2 Å². The van der Waals surface area contributed by atoms with E-state index in [0.29, 0.717) is 0 Å². The van der Waals surface area contributed by atoms with Gasteiger partial charge in [0.25, 0.3) is 0 Å². The molecular formula is C14H24N2OS2. The zero-order chi connectivity index (χ0) is 14.3. The lowest BCUT2D eigenvalue weighted by Crippen LogP contribution is -2.43. The summed E-state index contributed by atoms with van der Waals surface area (Å²) in [5, 5.41) is 10.6. The van der Waals surface area contributed by atoms with Gasteiger partial charge in [-0.3, -0.25) is 0 Å². The number of hydrogen-bond acceptors (Lipinski definition) is 5. The Labute approximate surface area is 124 Å². The van der Waals surface area contributed by atoms with Gasteiger partial charge in [-0.15, -0.1) is 0 Å². The van der Waals surface area contributed by atoms with Crippen LogP contribution in [0.15, 0.2) is 0 Å². The molecule has 0 unspecified atom stereocenters. The molecule has 19 heavy (non-hydrogen) atoms. The van der Waals surface area contributed by atoms with Gasteiger partial charge >= 0.3 is 0 Å². The Morgan fingerprint density at radius 3 is 2.53 bits per heavy atom. The SMILES string of the molecule is CC1(C)CN(c2nc(C(C)(C)C)c(CO)s2)CCS1. The van der Waals surface area contributed by atoms with Crippen molar-refractivity contribution in [2.75, 3.05) is 23.7 Å². The molecule has 108 valence electrons. The van der Waals surface area contributed by atoms with Gasteiger partial charge in [0, 0.05) is 29.0 Å². The van der Waals surface area contributed by atoms with Crippen LogP contribution in [-0.4, -0.2) is 33.7 Å². The van der Waals surface area contributed by atoms with E-state index in [1.165, 1.54) is 0 Å². The fourth-order valence-corrected chi connectivity index (χ4v) is 4.61. The van der Waals surface area contributed by atoms with Gasteiger partial charge < -0.3 is 10.0 Å². The van der Waals surface area contributed by atoms with Crippen LogP contribution in [0.5, 0.6) is 0 Å². The van der Waals surface area contributed by atoms with Gasteiger partial charge in [0.2, 0.25) is 0 Å². The van der Waals surface area contributed by atoms with E-state index in [4.69, 9.17) is 4.98 Å². The van der Waals surface area contributed by atoms with Crippen LogP contribution in [0.3, 0.4) is 0 Å². The van der Waals surface area contributed by atoms with Crippen molar-refractivity contribution in [1.82, 2.24) is 4.98 Å². The molecule has 5 heteroatoms. The number of thiazole rings is 1.